The van der Waals surface area contributed by atoms with Crippen molar-refractivity contribution in [2.75, 3.05) is 19.6 Å². The first-order valence-corrected chi connectivity index (χ1v) is 6.85. The lowest BCUT2D eigenvalue weighted by Gasteiger charge is -2.30. The number of fused-ring (bicyclic) bond motifs is 1. The molecule has 19 heavy (non-hydrogen) atoms. The van der Waals surface area contributed by atoms with E-state index >= 15 is 0 Å². The van der Waals surface area contributed by atoms with Gasteiger partial charge in [0.2, 0.25) is 0 Å². The van der Waals surface area contributed by atoms with Crippen LogP contribution in [-0.4, -0.2) is 39.1 Å². The molecule has 0 aliphatic carbocycles. The number of likely N-dealkylation sites (tertiary alicyclic amines) is 1. The van der Waals surface area contributed by atoms with Crippen LogP contribution in [0.15, 0.2) is 29.2 Å². The molecule has 3 heterocycles. The fourth-order valence-electron chi connectivity index (χ4n) is 2.72. The van der Waals surface area contributed by atoms with Crippen molar-refractivity contribution in [1.29, 1.82) is 0 Å². The molecular formula is C14H18N4O. The Hall–Kier alpha value is -1.75. The average Bonchev–Trinajstić information content (AvgIpc) is 2.47. The molecule has 3 rings (SSSR count). The quantitative estimate of drug-likeness (QED) is 0.814. The lowest BCUT2D eigenvalue weighted by molar-refractivity contribution is 0.221. The van der Waals surface area contributed by atoms with E-state index < -0.39 is 0 Å². The van der Waals surface area contributed by atoms with Gasteiger partial charge >= 0.3 is 0 Å². The van der Waals surface area contributed by atoms with E-state index in [1.54, 1.807) is 12.3 Å². The number of rotatable bonds is 2. The molecule has 2 aromatic rings. The summed E-state index contributed by atoms with van der Waals surface area (Å²) in [5.74, 6) is 0.403. The Morgan fingerprint density at radius 1 is 1.37 bits per heavy atom. The monoisotopic (exact) mass is 258 g/mol. The van der Waals surface area contributed by atoms with E-state index in [1.165, 1.54) is 4.52 Å². The Bertz CT molecular complexity index is 629. The first-order chi connectivity index (χ1) is 9.28. The van der Waals surface area contributed by atoms with Crippen molar-refractivity contribution >= 4 is 5.65 Å². The minimum absolute atomic E-state index is 0.0847. The Balaban J connectivity index is 1.92. The molecule has 0 unspecified atom stereocenters. The Morgan fingerprint density at radius 2 is 2.16 bits per heavy atom. The highest BCUT2D eigenvalue weighted by molar-refractivity contribution is 5.36. The lowest BCUT2D eigenvalue weighted by Crippen LogP contribution is -2.33. The van der Waals surface area contributed by atoms with Gasteiger partial charge in [-0.3, -0.25) is 4.79 Å². The van der Waals surface area contributed by atoms with Crippen LogP contribution in [-0.2, 0) is 0 Å². The summed E-state index contributed by atoms with van der Waals surface area (Å²) in [6, 6.07) is 5.29. The summed E-state index contributed by atoms with van der Waals surface area (Å²) in [5, 5.41) is 4.03. The molecule has 0 radical (unpaired) electrons. The van der Waals surface area contributed by atoms with Gasteiger partial charge in [0.1, 0.15) is 0 Å². The molecule has 2 aromatic heterocycles. The number of aromatic nitrogens is 3. The largest absolute Gasteiger partial charge is 0.304 e. The van der Waals surface area contributed by atoms with E-state index in [0.717, 1.165) is 38.2 Å². The highest BCUT2D eigenvalue weighted by Gasteiger charge is 2.21. The third-order valence-corrected chi connectivity index (χ3v) is 3.91. The summed E-state index contributed by atoms with van der Waals surface area (Å²) < 4.78 is 1.35. The second kappa shape index (κ2) is 5.09. The molecule has 1 saturated heterocycles. The minimum atomic E-state index is -0.0847. The third kappa shape index (κ3) is 2.38. The van der Waals surface area contributed by atoms with Gasteiger partial charge in [-0.2, -0.15) is 9.61 Å². The van der Waals surface area contributed by atoms with E-state index in [-0.39, 0.29) is 5.56 Å². The molecule has 0 atom stereocenters. The van der Waals surface area contributed by atoms with Crippen LogP contribution in [0.2, 0.25) is 0 Å². The maximum Gasteiger partial charge on any atom is 0.274 e. The highest BCUT2D eigenvalue weighted by Crippen LogP contribution is 2.25. The number of piperidine rings is 1. The van der Waals surface area contributed by atoms with Crippen LogP contribution in [0.5, 0.6) is 0 Å². The summed E-state index contributed by atoms with van der Waals surface area (Å²) in [7, 11) is 0. The van der Waals surface area contributed by atoms with Crippen molar-refractivity contribution in [3.63, 3.8) is 0 Å². The zero-order chi connectivity index (χ0) is 13.2. The van der Waals surface area contributed by atoms with Gasteiger partial charge in [0.15, 0.2) is 5.65 Å². The third-order valence-electron chi connectivity index (χ3n) is 3.91. The van der Waals surface area contributed by atoms with Gasteiger partial charge < -0.3 is 4.90 Å². The molecule has 1 aliphatic heterocycles. The fraction of sp³-hybridized carbons (Fsp3) is 0.500. The minimum Gasteiger partial charge on any atom is -0.304 e. The van der Waals surface area contributed by atoms with E-state index in [0.29, 0.717) is 11.6 Å². The van der Waals surface area contributed by atoms with Crippen molar-refractivity contribution in [3.05, 3.63) is 40.4 Å². The topological polar surface area (TPSA) is 50.5 Å². The van der Waals surface area contributed by atoms with Gasteiger partial charge in [0.05, 0.1) is 5.69 Å². The standard InChI is InChI=1S/C14H18N4O/c1-2-17-8-5-11(6-9-17)12-10-14(19)18-13(16-12)4-3-7-15-18/h3-4,7,10-11H,2,5-6,8-9H2,1H3. The maximum absolute atomic E-state index is 12.0. The first-order valence-electron chi connectivity index (χ1n) is 6.85. The molecule has 100 valence electrons. The number of hydrogen-bond donors (Lipinski definition) is 0. The highest BCUT2D eigenvalue weighted by atomic mass is 16.1. The van der Waals surface area contributed by atoms with Crippen molar-refractivity contribution in [2.45, 2.75) is 25.7 Å². The normalized spacial score (nSPS) is 17.9. The Morgan fingerprint density at radius 3 is 2.89 bits per heavy atom. The second-order valence-electron chi connectivity index (χ2n) is 5.02. The predicted octanol–water partition coefficient (Wildman–Crippen LogP) is 1.29. The zero-order valence-electron chi connectivity index (χ0n) is 11.1. The summed E-state index contributed by atoms with van der Waals surface area (Å²) >= 11 is 0. The van der Waals surface area contributed by atoms with Crippen LogP contribution in [0.4, 0.5) is 0 Å². The molecular weight excluding hydrogens is 240 g/mol. The van der Waals surface area contributed by atoms with Gasteiger partial charge in [-0.1, -0.05) is 6.92 Å². The van der Waals surface area contributed by atoms with Crippen LogP contribution >= 0.6 is 0 Å². The predicted molar refractivity (Wildman–Crippen MR) is 73.3 cm³/mol. The fourth-order valence-corrected chi connectivity index (χ4v) is 2.72. The number of nitrogens with zero attached hydrogens (tertiary/aromatic N) is 4. The Labute approximate surface area is 111 Å². The molecule has 5 heteroatoms. The summed E-state index contributed by atoms with van der Waals surface area (Å²) in [5.41, 5.74) is 1.48. The molecule has 0 spiro atoms. The van der Waals surface area contributed by atoms with E-state index in [2.05, 4.69) is 21.9 Å². The summed E-state index contributed by atoms with van der Waals surface area (Å²) in [6.45, 7) is 5.47. The average molecular weight is 258 g/mol. The van der Waals surface area contributed by atoms with Gasteiger partial charge in [-0.15, -0.1) is 0 Å². The first kappa shape index (κ1) is 12.3. The van der Waals surface area contributed by atoms with Crippen LogP contribution in [0.1, 0.15) is 31.4 Å². The molecule has 0 saturated carbocycles. The van der Waals surface area contributed by atoms with Crippen LogP contribution < -0.4 is 5.56 Å². The smallest absolute Gasteiger partial charge is 0.274 e. The second-order valence-corrected chi connectivity index (χ2v) is 5.02. The molecule has 1 aliphatic rings. The van der Waals surface area contributed by atoms with Crippen molar-refractivity contribution in [3.8, 4) is 0 Å². The van der Waals surface area contributed by atoms with E-state index in [4.69, 9.17) is 0 Å². The van der Waals surface area contributed by atoms with Gasteiger partial charge in [-0.05, 0) is 44.6 Å². The number of hydrogen-bond acceptors (Lipinski definition) is 4. The van der Waals surface area contributed by atoms with Crippen molar-refractivity contribution < 1.29 is 0 Å². The van der Waals surface area contributed by atoms with E-state index in [9.17, 15) is 4.79 Å². The lowest BCUT2D eigenvalue weighted by atomic mass is 9.93. The molecule has 5 nitrogen and oxygen atoms in total. The Kier molecular flexibility index (Phi) is 3.29. The maximum atomic E-state index is 12.0. The van der Waals surface area contributed by atoms with Crippen LogP contribution in [0.3, 0.4) is 0 Å². The van der Waals surface area contributed by atoms with E-state index in [1.807, 2.05) is 12.1 Å². The molecule has 0 aromatic carbocycles. The van der Waals surface area contributed by atoms with Gasteiger partial charge in [0, 0.05) is 18.2 Å². The van der Waals surface area contributed by atoms with Crippen molar-refractivity contribution in [2.24, 2.45) is 0 Å². The summed E-state index contributed by atoms with van der Waals surface area (Å²) in [6.07, 6.45) is 3.77. The molecule has 1 fully saturated rings. The SMILES string of the molecule is CCN1CCC(c2cc(=O)n3ncccc3n2)CC1. The van der Waals surface area contributed by atoms with Gasteiger partial charge in [-0.25, -0.2) is 4.98 Å². The van der Waals surface area contributed by atoms with Crippen molar-refractivity contribution in [1.82, 2.24) is 19.5 Å². The molecule has 0 N–H and O–H groups in total. The molecule has 0 amide bonds. The van der Waals surface area contributed by atoms with Crippen LogP contribution in [0.25, 0.3) is 5.65 Å². The molecule has 0 bridgehead atoms. The zero-order valence-corrected chi connectivity index (χ0v) is 11.1. The summed E-state index contributed by atoms with van der Waals surface area (Å²) in [4.78, 5) is 19.0. The van der Waals surface area contributed by atoms with Gasteiger partial charge in [0.25, 0.3) is 5.56 Å². The van der Waals surface area contributed by atoms with Crippen LogP contribution in [0, 0.1) is 0 Å².